The molecule has 2 bridgehead atoms. The second-order valence-electron chi connectivity index (χ2n) is 8.02. The third-order valence-corrected chi connectivity index (χ3v) is 7.07. The molecule has 2 aliphatic heterocycles. The van der Waals surface area contributed by atoms with Gasteiger partial charge in [-0.2, -0.15) is 0 Å². The Bertz CT molecular complexity index is 1110. The number of rotatable bonds is 3. The quantitative estimate of drug-likeness (QED) is 0.681. The fourth-order valence-electron chi connectivity index (χ4n) is 5.17. The lowest BCUT2D eigenvalue weighted by atomic mass is 9.77. The van der Waals surface area contributed by atoms with Crippen LogP contribution in [0.25, 0.3) is 4.96 Å². The zero-order valence-electron chi connectivity index (χ0n) is 16.2. The number of nitrogens with zero attached hydrogens (tertiary/aromatic N) is 4. The van der Waals surface area contributed by atoms with Gasteiger partial charge in [0.15, 0.2) is 4.96 Å². The third-order valence-electron chi connectivity index (χ3n) is 6.31. The van der Waals surface area contributed by atoms with Crippen LogP contribution < -0.4 is 5.56 Å². The van der Waals surface area contributed by atoms with Crippen molar-refractivity contribution < 1.29 is 4.79 Å². The highest BCUT2D eigenvalue weighted by atomic mass is 32.1. The number of likely N-dealkylation sites (tertiary alicyclic amines) is 1. The molecule has 5 heterocycles. The highest BCUT2D eigenvalue weighted by molar-refractivity contribution is 7.15. The minimum absolute atomic E-state index is 0.0556. The maximum atomic E-state index is 13.5. The van der Waals surface area contributed by atoms with E-state index in [0.717, 1.165) is 35.6 Å². The molecule has 0 spiro atoms. The molecule has 3 aromatic rings. The van der Waals surface area contributed by atoms with Crippen molar-refractivity contribution in [2.45, 2.75) is 45.1 Å². The molecule has 0 N–H and O–H groups in total. The Hall–Kier alpha value is -2.41. The minimum atomic E-state index is 0.0556. The van der Waals surface area contributed by atoms with Gasteiger partial charge in [-0.25, -0.2) is 4.98 Å². The second kappa shape index (κ2) is 6.58. The zero-order chi connectivity index (χ0) is 19.4. The fourth-order valence-corrected chi connectivity index (χ4v) is 5.93. The summed E-state index contributed by atoms with van der Waals surface area (Å²) in [6, 6.07) is 5.77. The van der Waals surface area contributed by atoms with Gasteiger partial charge in [0, 0.05) is 48.4 Å². The average molecular weight is 397 g/mol. The van der Waals surface area contributed by atoms with Crippen LogP contribution in [0, 0.1) is 12.8 Å². The van der Waals surface area contributed by atoms with Crippen molar-refractivity contribution in [3.8, 4) is 0 Å². The van der Waals surface area contributed by atoms with Crippen LogP contribution in [0.4, 0.5) is 0 Å². The molecule has 0 aromatic carbocycles. The van der Waals surface area contributed by atoms with Gasteiger partial charge in [0.25, 0.3) is 11.5 Å². The molecule has 5 rings (SSSR count). The number of thiazole rings is 1. The van der Waals surface area contributed by atoms with E-state index in [1.807, 2.05) is 38.4 Å². The van der Waals surface area contributed by atoms with Gasteiger partial charge in [0.05, 0.1) is 5.69 Å². The summed E-state index contributed by atoms with van der Waals surface area (Å²) in [6.07, 6.45) is 4.97. The van der Waals surface area contributed by atoms with Gasteiger partial charge in [-0.1, -0.05) is 19.4 Å². The van der Waals surface area contributed by atoms with Crippen molar-refractivity contribution in [3.05, 3.63) is 57.2 Å². The molecule has 28 heavy (non-hydrogen) atoms. The molecule has 146 valence electrons. The molecule has 6 nitrogen and oxygen atoms in total. The first-order valence-corrected chi connectivity index (χ1v) is 10.9. The number of carbonyl (C=O) groups excluding carboxylic acids is 1. The van der Waals surface area contributed by atoms with Crippen molar-refractivity contribution >= 4 is 22.2 Å². The number of pyridine rings is 1. The molecule has 3 atom stereocenters. The Morgan fingerprint density at radius 2 is 2.18 bits per heavy atom. The molecule has 3 aromatic heterocycles. The van der Waals surface area contributed by atoms with Gasteiger partial charge in [-0.3, -0.25) is 14.0 Å². The average Bonchev–Trinajstić information content (AvgIpc) is 3.24. The summed E-state index contributed by atoms with van der Waals surface area (Å²) >= 11 is 1.55. The summed E-state index contributed by atoms with van der Waals surface area (Å²) in [5, 5.41) is 1.96. The first kappa shape index (κ1) is 17.7. The molecule has 0 saturated carbocycles. The van der Waals surface area contributed by atoms with Gasteiger partial charge in [0.1, 0.15) is 5.69 Å². The molecule has 0 aliphatic carbocycles. The van der Waals surface area contributed by atoms with E-state index < -0.39 is 0 Å². The lowest BCUT2D eigenvalue weighted by molar-refractivity contribution is 0.0511. The Labute approximate surface area is 167 Å². The monoisotopic (exact) mass is 396 g/mol. The molecule has 7 heteroatoms. The number of hydrogen-bond acceptors (Lipinski definition) is 4. The van der Waals surface area contributed by atoms with Crippen LogP contribution in [0.5, 0.6) is 0 Å². The molecular formula is C21H24N4O2S. The highest BCUT2D eigenvalue weighted by Gasteiger charge is 2.42. The summed E-state index contributed by atoms with van der Waals surface area (Å²) in [5.74, 6) is 0.595. The van der Waals surface area contributed by atoms with Crippen LogP contribution in [0.1, 0.15) is 60.0 Å². The molecule has 1 saturated heterocycles. The van der Waals surface area contributed by atoms with Crippen molar-refractivity contribution in [3.63, 3.8) is 0 Å². The Balaban J connectivity index is 1.54. The Morgan fingerprint density at radius 3 is 3.00 bits per heavy atom. The second-order valence-corrected chi connectivity index (χ2v) is 8.89. The number of fused-ring (bicyclic) bond motifs is 5. The van der Waals surface area contributed by atoms with Crippen LogP contribution in [0.15, 0.2) is 34.6 Å². The van der Waals surface area contributed by atoms with Crippen molar-refractivity contribution in [1.29, 1.82) is 0 Å². The summed E-state index contributed by atoms with van der Waals surface area (Å²) in [6.45, 7) is 5.44. The van der Waals surface area contributed by atoms with E-state index in [1.165, 1.54) is 0 Å². The number of hydrogen-bond donors (Lipinski definition) is 0. The maximum absolute atomic E-state index is 13.5. The topological polar surface area (TPSA) is 59.6 Å². The van der Waals surface area contributed by atoms with Gasteiger partial charge >= 0.3 is 0 Å². The van der Waals surface area contributed by atoms with Gasteiger partial charge in [0.2, 0.25) is 0 Å². The first-order chi connectivity index (χ1) is 13.6. The largest absolute Gasteiger partial charge is 0.336 e. The maximum Gasteiger partial charge on any atom is 0.272 e. The smallest absolute Gasteiger partial charge is 0.272 e. The number of aryl methyl sites for hydroxylation is 1. The van der Waals surface area contributed by atoms with Crippen molar-refractivity contribution in [2.24, 2.45) is 5.92 Å². The number of piperidine rings is 1. The predicted molar refractivity (Wildman–Crippen MR) is 109 cm³/mol. The van der Waals surface area contributed by atoms with E-state index in [1.54, 1.807) is 17.4 Å². The lowest BCUT2D eigenvalue weighted by Gasteiger charge is -2.47. The Kier molecular flexibility index (Phi) is 4.16. The number of imidazole rings is 1. The third kappa shape index (κ3) is 2.56. The number of aromatic nitrogens is 3. The van der Waals surface area contributed by atoms with E-state index >= 15 is 0 Å². The molecule has 0 radical (unpaired) electrons. The zero-order valence-corrected chi connectivity index (χ0v) is 17.0. The predicted octanol–water partition coefficient (Wildman–Crippen LogP) is 3.47. The van der Waals surface area contributed by atoms with Crippen LogP contribution in [-0.2, 0) is 0 Å². The molecule has 1 amide bonds. The van der Waals surface area contributed by atoms with E-state index in [2.05, 4.69) is 18.0 Å². The normalized spacial score (nSPS) is 23.8. The van der Waals surface area contributed by atoms with Crippen molar-refractivity contribution in [2.75, 3.05) is 13.1 Å². The van der Waals surface area contributed by atoms with E-state index in [-0.39, 0.29) is 23.4 Å². The van der Waals surface area contributed by atoms with Gasteiger partial charge in [-0.15, -0.1) is 11.3 Å². The molecule has 2 aliphatic rings. The summed E-state index contributed by atoms with van der Waals surface area (Å²) in [7, 11) is 0. The standard InChI is InChI=1S/C21H24N4O2S/c1-3-5-16-14-10-15(17-6-4-7-18(26)25(16)17)12-23(11-14)20(27)19-13(2)22-21-24(19)8-9-28-21/h4,6-9,14-16H,3,5,10-12H2,1-2H3/t14-,15+,16-/m0/s1. The highest BCUT2D eigenvalue weighted by Crippen LogP contribution is 2.43. The van der Waals surface area contributed by atoms with E-state index in [4.69, 9.17) is 0 Å². The minimum Gasteiger partial charge on any atom is -0.336 e. The number of carbonyl (C=O) groups is 1. The van der Waals surface area contributed by atoms with Crippen LogP contribution in [0.3, 0.4) is 0 Å². The molecular weight excluding hydrogens is 372 g/mol. The Morgan fingerprint density at radius 1 is 1.32 bits per heavy atom. The van der Waals surface area contributed by atoms with E-state index in [9.17, 15) is 9.59 Å². The summed E-state index contributed by atoms with van der Waals surface area (Å²) in [5.41, 5.74) is 2.64. The summed E-state index contributed by atoms with van der Waals surface area (Å²) < 4.78 is 3.93. The lowest BCUT2D eigenvalue weighted by Crippen LogP contribution is -2.51. The van der Waals surface area contributed by atoms with Crippen LogP contribution in [0.2, 0.25) is 0 Å². The first-order valence-electron chi connectivity index (χ1n) is 10.0. The fraction of sp³-hybridized carbons (Fsp3) is 0.476. The summed E-state index contributed by atoms with van der Waals surface area (Å²) in [4.78, 5) is 33.5. The SMILES string of the molecule is CCC[C@H]1[C@H]2C[C@H](CN(C(=O)c3c(C)nc4sccn34)C2)c2cccc(=O)n21. The van der Waals surface area contributed by atoms with Gasteiger partial charge in [-0.05, 0) is 31.7 Å². The van der Waals surface area contributed by atoms with Crippen molar-refractivity contribution in [1.82, 2.24) is 18.9 Å². The van der Waals surface area contributed by atoms with Gasteiger partial charge < -0.3 is 9.47 Å². The number of amides is 1. The molecule has 1 fully saturated rings. The van der Waals surface area contributed by atoms with E-state index in [0.29, 0.717) is 24.7 Å². The van der Waals surface area contributed by atoms with Crippen LogP contribution >= 0.6 is 11.3 Å². The van der Waals surface area contributed by atoms with Crippen LogP contribution in [-0.4, -0.2) is 37.8 Å². The molecule has 0 unspecified atom stereocenters.